The first-order valence-electron chi connectivity index (χ1n) is 5.87. The third-order valence-electron chi connectivity index (χ3n) is 2.42. The van der Waals surface area contributed by atoms with Crippen LogP contribution in [0.3, 0.4) is 0 Å². The molecule has 0 unspecified atom stereocenters. The van der Waals surface area contributed by atoms with E-state index >= 15 is 0 Å². The molecule has 1 rings (SSSR count). The molecule has 0 atom stereocenters. The van der Waals surface area contributed by atoms with Crippen molar-refractivity contribution in [2.75, 3.05) is 26.4 Å². The summed E-state index contributed by atoms with van der Waals surface area (Å²) < 4.78 is 31.1. The third kappa shape index (κ3) is 4.73. The molecule has 0 radical (unpaired) electrons. The fourth-order valence-electron chi connectivity index (χ4n) is 1.40. The number of nitrogens with one attached hydrogen (secondary N) is 1. The van der Waals surface area contributed by atoms with Crippen LogP contribution in [0, 0.1) is 0 Å². The molecular weight excluding hydrogens is 254 g/mol. The highest BCUT2D eigenvalue weighted by molar-refractivity contribution is 7.89. The predicted molar refractivity (Wildman–Crippen MR) is 68.9 cm³/mol. The average Bonchev–Trinajstić information content (AvgIpc) is 2.38. The first-order valence-corrected chi connectivity index (χ1v) is 7.35. The number of aliphatic hydroxyl groups excluding tert-OH is 1. The molecule has 1 aromatic carbocycles. The Bertz CT molecular complexity index is 442. The van der Waals surface area contributed by atoms with Crippen LogP contribution in [0.4, 0.5) is 0 Å². The van der Waals surface area contributed by atoms with Gasteiger partial charge in [-0.2, -0.15) is 0 Å². The molecule has 0 heterocycles. The summed E-state index contributed by atoms with van der Waals surface area (Å²) in [7, 11) is -3.46. The molecule has 2 N–H and O–H groups in total. The minimum absolute atomic E-state index is 0.0643. The summed E-state index contributed by atoms with van der Waals surface area (Å²) in [6, 6.07) is 6.79. The Morgan fingerprint density at radius 1 is 1.22 bits per heavy atom. The van der Waals surface area contributed by atoms with Crippen molar-refractivity contribution in [2.24, 2.45) is 0 Å². The molecule has 0 amide bonds. The van der Waals surface area contributed by atoms with E-state index in [4.69, 9.17) is 9.84 Å². The minimum atomic E-state index is -3.46. The quantitative estimate of drug-likeness (QED) is 0.678. The van der Waals surface area contributed by atoms with Gasteiger partial charge in [-0.25, -0.2) is 13.1 Å². The molecule has 5 nitrogen and oxygen atoms in total. The Hall–Kier alpha value is -0.950. The molecule has 102 valence electrons. The first-order chi connectivity index (χ1) is 8.60. The Kier molecular flexibility index (Phi) is 6.28. The van der Waals surface area contributed by atoms with Crippen molar-refractivity contribution in [1.29, 1.82) is 0 Å². The van der Waals surface area contributed by atoms with Crippen molar-refractivity contribution in [2.45, 2.75) is 18.2 Å². The maximum Gasteiger partial charge on any atom is 0.240 e. The van der Waals surface area contributed by atoms with Crippen molar-refractivity contribution >= 4 is 10.0 Å². The van der Waals surface area contributed by atoms with Crippen LogP contribution in [0.2, 0.25) is 0 Å². The van der Waals surface area contributed by atoms with Crippen molar-refractivity contribution in [3.8, 4) is 0 Å². The monoisotopic (exact) mass is 273 g/mol. The van der Waals surface area contributed by atoms with Gasteiger partial charge in [0.2, 0.25) is 10.0 Å². The van der Waals surface area contributed by atoms with Crippen LogP contribution in [-0.4, -0.2) is 39.9 Å². The zero-order chi connectivity index (χ0) is 13.4. The number of rotatable bonds is 8. The fourth-order valence-corrected chi connectivity index (χ4v) is 2.42. The second-order valence-corrected chi connectivity index (χ2v) is 5.50. The van der Waals surface area contributed by atoms with E-state index in [9.17, 15) is 8.42 Å². The van der Waals surface area contributed by atoms with Crippen LogP contribution in [-0.2, 0) is 21.2 Å². The summed E-state index contributed by atoms with van der Waals surface area (Å²) in [6.45, 7) is 2.60. The summed E-state index contributed by atoms with van der Waals surface area (Å²) in [5, 5.41) is 8.49. The van der Waals surface area contributed by atoms with Gasteiger partial charge in [0.15, 0.2) is 0 Å². The predicted octanol–water partition coefficient (Wildman–Crippen LogP) is 0.536. The van der Waals surface area contributed by atoms with Gasteiger partial charge in [0, 0.05) is 6.54 Å². The zero-order valence-electron chi connectivity index (χ0n) is 10.4. The summed E-state index contributed by atoms with van der Waals surface area (Å²) in [5.74, 6) is 0. The maximum absolute atomic E-state index is 11.8. The Balaban J connectivity index is 2.51. The van der Waals surface area contributed by atoms with Crippen molar-refractivity contribution < 1.29 is 18.3 Å². The molecule has 0 spiro atoms. The maximum atomic E-state index is 11.8. The molecule has 18 heavy (non-hydrogen) atoms. The minimum Gasteiger partial charge on any atom is -0.394 e. The summed E-state index contributed by atoms with van der Waals surface area (Å²) in [4.78, 5) is 0.252. The van der Waals surface area contributed by atoms with Crippen LogP contribution < -0.4 is 4.72 Å². The van der Waals surface area contributed by atoms with Crippen molar-refractivity contribution in [1.82, 2.24) is 4.72 Å². The molecule has 0 bridgehead atoms. The number of aliphatic hydroxyl groups is 1. The van der Waals surface area contributed by atoms with E-state index in [0.717, 1.165) is 12.0 Å². The van der Waals surface area contributed by atoms with Crippen LogP contribution in [0.15, 0.2) is 29.2 Å². The van der Waals surface area contributed by atoms with E-state index < -0.39 is 10.0 Å². The molecule has 0 aliphatic heterocycles. The number of hydrogen-bond acceptors (Lipinski definition) is 4. The van der Waals surface area contributed by atoms with E-state index in [0.29, 0.717) is 0 Å². The Labute approximate surface area is 108 Å². The van der Waals surface area contributed by atoms with Crippen LogP contribution in [0.25, 0.3) is 0 Å². The van der Waals surface area contributed by atoms with Gasteiger partial charge in [-0.15, -0.1) is 0 Å². The molecule has 0 aliphatic rings. The summed E-state index contributed by atoms with van der Waals surface area (Å²) in [6.07, 6.45) is 0.878. The lowest BCUT2D eigenvalue weighted by molar-refractivity contribution is 0.0961. The molecular formula is C12H19NO4S. The highest BCUT2D eigenvalue weighted by Crippen LogP contribution is 2.10. The van der Waals surface area contributed by atoms with Crippen LogP contribution >= 0.6 is 0 Å². The number of hydrogen-bond donors (Lipinski definition) is 2. The lowest BCUT2D eigenvalue weighted by atomic mass is 10.2. The van der Waals surface area contributed by atoms with Crippen molar-refractivity contribution in [3.05, 3.63) is 29.8 Å². The van der Waals surface area contributed by atoms with E-state index in [1.54, 1.807) is 24.3 Å². The third-order valence-corrected chi connectivity index (χ3v) is 3.89. The van der Waals surface area contributed by atoms with Gasteiger partial charge in [0.1, 0.15) is 0 Å². The SMILES string of the molecule is CCc1ccc(S(=O)(=O)NCCOCCO)cc1. The van der Waals surface area contributed by atoms with E-state index in [2.05, 4.69) is 4.72 Å². The molecule has 1 aromatic rings. The Morgan fingerprint density at radius 3 is 2.44 bits per heavy atom. The van der Waals surface area contributed by atoms with Crippen molar-refractivity contribution in [3.63, 3.8) is 0 Å². The summed E-state index contributed by atoms with van der Waals surface area (Å²) >= 11 is 0. The van der Waals surface area contributed by atoms with Gasteiger partial charge in [-0.1, -0.05) is 19.1 Å². The highest BCUT2D eigenvalue weighted by Gasteiger charge is 2.12. The molecule has 0 aromatic heterocycles. The largest absolute Gasteiger partial charge is 0.394 e. The van der Waals surface area contributed by atoms with E-state index in [-0.39, 0.29) is 31.3 Å². The van der Waals surface area contributed by atoms with Gasteiger partial charge in [-0.05, 0) is 24.1 Å². The summed E-state index contributed by atoms with van der Waals surface area (Å²) in [5.41, 5.74) is 1.10. The first kappa shape index (κ1) is 15.1. The normalized spacial score (nSPS) is 11.7. The second-order valence-electron chi connectivity index (χ2n) is 3.73. The lowest BCUT2D eigenvalue weighted by Crippen LogP contribution is -2.27. The van der Waals surface area contributed by atoms with E-state index in [1.165, 1.54) is 0 Å². The average molecular weight is 273 g/mol. The number of sulfonamides is 1. The molecule has 0 saturated heterocycles. The molecule has 6 heteroatoms. The topological polar surface area (TPSA) is 75.6 Å². The van der Waals surface area contributed by atoms with Gasteiger partial charge >= 0.3 is 0 Å². The van der Waals surface area contributed by atoms with Gasteiger partial charge in [0.25, 0.3) is 0 Å². The van der Waals surface area contributed by atoms with Crippen LogP contribution in [0.1, 0.15) is 12.5 Å². The Morgan fingerprint density at radius 2 is 1.89 bits per heavy atom. The fraction of sp³-hybridized carbons (Fsp3) is 0.500. The molecule has 0 aliphatic carbocycles. The second kappa shape index (κ2) is 7.48. The van der Waals surface area contributed by atoms with Crippen LogP contribution in [0.5, 0.6) is 0 Å². The van der Waals surface area contributed by atoms with E-state index in [1.807, 2.05) is 6.92 Å². The zero-order valence-corrected chi connectivity index (χ0v) is 11.2. The standard InChI is InChI=1S/C12H19NO4S/c1-2-11-3-5-12(6-4-11)18(15,16)13-7-9-17-10-8-14/h3-6,13-14H,2,7-10H2,1H3. The lowest BCUT2D eigenvalue weighted by Gasteiger charge is -2.07. The van der Waals surface area contributed by atoms with Gasteiger partial charge in [-0.3, -0.25) is 0 Å². The smallest absolute Gasteiger partial charge is 0.240 e. The number of aryl methyl sites for hydroxylation is 1. The number of ether oxygens (including phenoxy) is 1. The molecule has 0 saturated carbocycles. The van der Waals surface area contributed by atoms with Gasteiger partial charge < -0.3 is 9.84 Å². The number of benzene rings is 1. The molecule has 0 fully saturated rings. The van der Waals surface area contributed by atoms with Gasteiger partial charge in [0.05, 0.1) is 24.7 Å². The highest BCUT2D eigenvalue weighted by atomic mass is 32.2.